The summed E-state index contributed by atoms with van der Waals surface area (Å²) in [5, 5.41) is 18.0. The van der Waals surface area contributed by atoms with Gasteiger partial charge in [0, 0.05) is 6.42 Å². The van der Waals surface area contributed by atoms with Crippen LogP contribution in [0.5, 0.6) is 0 Å². The number of carbonyl (C=O) groups is 1. The second kappa shape index (κ2) is 13.6. The molecular formula is C16H30O3. The molecule has 112 valence electrons. The van der Waals surface area contributed by atoms with Gasteiger partial charge in [0.1, 0.15) is 0 Å². The Morgan fingerprint density at radius 1 is 1.00 bits per heavy atom. The molecule has 0 aromatic rings. The summed E-state index contributed by atoms with van der Waals surface area (Å²) >= 11 is 0. The highest BCUT2D eigenvalue weighted by atomic mass is 16.4. The Balaban J connectivity index is 3.19. The first-order chi connectivity index (χ1) is 9.16. The highest BCUT2D eigenvalue weighted by molar-refractivity contribution is 5.66. The van der Waals surface area contributed by atoms with Crippen molar-refractivity contribution in [1.82, 2.24) is 0 Å². The SMILES string of the molecule is CCCC(O)CC/C=C\CCCCCCCC(=O)O. The first-order valence-corrected chi connectivity index (χ1v) is 7.71. The van der Waals surface area contributed by atoms with Crippen LogP contribution in [-0.4, -0.2) is 22.3 Å². The highest BCUT2D eigenvalue weighted by Gasteiger charge is 1.99. The molecule has 3 heteroatoms. The fourth-order valence-electron chi connectivity index (χ4n) is 2.07. The van der Waals surface area contributed by atoms with Gasteiger partial charge in [-0.2, -0.15) is 0 Å². The lowest BCUT2D eigenvalue weighted by atomic mass is 10.1. The molecule has 0 aliphatic heterocycles. The van der Waals surface area contributed by atoms with Gasteiger partial charge in [0.25, 0.3) is 0 Å². The molecule has 0 bridgehead atoms. The number of aliphatic hydroxyl groups excluding tert-OH is 1. The molecular weight excluding hydrogens is 240 g/mol. The monoisotopic (exact) mass is 270 g/mol. The lowest BCUT2D eigenvalue weighted by Crippen LogP contribution is -2.04. The van der Waals surface area contributed by atoms with Gasteiger partial charge in [-0.25, -0.2) is 0 Å². The Morgan fingerprint density at radius 2 is 1.63 bits per heavy atom. The fraction of sp³-hybridized carbons (Fsp3) is 0.812. The van der Waals surface area contributed by atoms with Gasteiger partial charge in [0.05, 0.1) is 6.10 Å². The molecule has 1 atom stereocenters. The van der Waals surface area contributed by atoms with Crippen LogP contribution in [0.2, 0.25) is 0 Å². The molecule has 0 aromatic heterocycles. The minimum absolute atomic E-state index is 0.135. The number of hydrogen-bond acceptors (Lipinski definition) is 2. The van der Waals surface area contributed by atoms with E-state index in [0.717, 1.165) is 51.4 Å². The highest BCUT2D eigenvalue weighted by Crippen LogP contribution is 2.09. The van der Waals surface area contributed by atoms with Crippen LogP contribution in [-0.2, 0) is 4.79 Å². The fourth-order valence-corrected chi connectivity index (χ4v) is 2.07. The Bertz CT molecular complexity index is 236. The van der Waals surface area contributed by atoms with E-state index in [2.05, 4.69) is 19.1 Å². The molecule has 0 rings (SSSR count). The summed E-state index contributed by atoms with van der Waals surface area (Å²) in [6.45, 7) is 2.09. The van der Waals surface area contributed by atoms with Crippen molar-refractivity contribution in [1.29, 1.82) is 0 Å². The second-order valence-corrected chi connectivity index (χ2v) is 5.19. The zero-order valence-corrected chi connectivity index (χ0v) is 12.3. The van der Waals surface area contributed by atoms with E-state index >= 15 is 0 Å². The molecule has 3 nitrogen and oxygen atoms in total. The summed E-state index contributed by atoms with van der Waals surface area (Å²) < 4.78 is 0. The number of carboxylic acid groups (broad SMARTS) is 1. The van der Waals surface area contributed by atoms with Gasteiger partial charge in [-0.3, -0.25) is 4.79 Å². The molecule has 19 heavy (non-hydrogen) atoms. The van der Waals surface area contributed by atoms with Crippen LogP contribution in [0.1, 0.15) is 77.6 Å². The zero-order chi connectivity index (χ0) is 14.3. The van der Waals surface area contributed by atoms with E-state index in [9.17, 15) is 9.90 Å². The number of allylic oxidation sites excluding steroid dienone is 2. The maximum Gasteiger partial charge on any atom is 0.303 e. The predicted octanol–water partition coefficient (Wildman–Crippen LogP) is 4.30. The van der Waals surface area contributed by atoms with Crippen molar-refractivity contribution in [2.45, 2.75) is 83.7 Å². The standard InChI is InChI=1S/C16H30O3/c1-2-12-15(17)13-10-8-6-4-3-5-7-9-11-14-16(18)19/h6,8,15,17H,2-5,7,9-14H2,1H3,(H,18,19)/b8-6-. The molecule has 1 unspecified atom stereocenters. The van der Waals surface area contributed by atoms with Gasteiger partial charge in [-0.05, 0) is 38.5 Å². The zero-order valence-electron chi connectivity index (χ0n) is 12.3. The van der Waals surface area contributed by atoms with E-state index in [-0.39, 0.29) is 6.10 Å². The molecule has 0 aromatic carbocycles. The smallest absolute Gasteiger partial charge is 0.303 e. The van der Waals surface area contributed by atoms with Gasteiger partial charge >= 0.3 is 5.97 Å². The lowest BCUT2D eigenvalue weighted by molar-refractivity contribution is -0.137. The summed E-state index contributed by atoms with van der Waals surface area (Å²) in [4.78, 5) is 10.3. The second-order valence-electron chi connectivity index (χ2n) is 5.19. The normalized spacial score (nSPS) is 12.9. The van der Waals surface area contributed by atoms with Gasteiger partial charge in [0.15, 0.2) is 0 Å². The molecule has 0 radical (unpaired) electrons. The Morgan fingerprint density at radius 3 is 2.32 bits per heavy atom. The molecule has 0 spiro atoms. The molecule has 2 N–H and O–H groups in total. The third kappa shape index (κ3) is 15.1. The quantitative estimate of drug-likeness (QED) is 0.387. The average molecular weight is 270 g/mol. The van der Waals surface area contributed by atoms with E-state index in [1.165, 1.54) is 12.8 Å². The Kier molecular flexibility index (Phi) is 13.0. The lowest BCUT2D eigenvalue weighted by Gasteiger charge is -2.05. The van der Waals surface area contributed by atoms with Crippen molar-refractivity contribution in [3.05, 3.63) is 12.2 Å². The largest absolute Gasteiger partial charge is 0.481 e. The van der Waals surface area contributed by atoms with Crippen molar-refractivity contribution >= 4 is 5.97 Å². The van der Waals surface area contributed by atoms with Crippen molar-refractivity contribution in [3.63, 3.8) is 0 Å². The van der Waals surface area contributed by atoms with Crippen LogP contribution >= 0.6 is 0 Å². The summed E-state index contributed by atoms with van der Waals surface area (Å²) in [5.41, 5.74) is 0. The van der Waals surface area contributed by atoms with E-state index in [0.29, 0.717) is 6.42 Å². The number of carboxylic acids is 1. The molecule has 0 aliphatic rings. The first kappa shape index (κ1) is 18.2. The molecule has 0 saturated carbocycles. The van der Waals surface area contributed by atoms with Crippen LogP contribution in [0, 0.1) is 0 Å². The maximum absolute atomic E-state index is 10.3. The molecule has 0 fully saturated rings. The number of aliphatic carboxylic acids is 1. The van der Waals surface area contributed by atoms with E-state index in [1.54, 1.807) is 0 Å². The van der Waals surface area contributed by atoms with Gasteiger partial charge < -0.3 is 10.2 Å². The van der Waals surface area contributed by atoms with Crippen molar-refractivity contribution in [3.8, 4) is 0 Å². The number of aliphatic hydroxyl groups is 1. The summed E-state index contributed by atoms with van der Waals surface area (Å²) in [7, 11) is 0. The molecule has 0 aliphatic carbocycles. The predicted molar refractivity (Wildman–Crippen MR) is 79.2 cm³/mol. The number of rotatable bonds is 13. The Labute approximate surface area is 117 Å². The van der Waals surface area contributed by atoms with Crippen molar-refractivity contribution < 1.29 is 15.0 Å². The van der Waals surface area contributed by atoms with Crippen molar-refractivity contribution in [2.75, 3.05) is 0 Å². The van der Waals surface area contributed by atoms with Gasteiger partial charge in [-0.15, -0.1) is 0 Å². The van der Waals surface area contributed by atoms with Crippen LogP contribution in [0.4, 0.5) is 0 Å². The van der Waals surface area contributed by atoms with Gasteiger partial charge in [0.2, 0.25) is 0 Å². The molecule has 0 heterocycles. The molecule has 0 saturated heterocycles. The minimum atomic E-state index is -0.687. The summed E-state index contributed by atoms with van der Waals surface area (Å²) in [5.74, 6) is -0.687. The summed E-state index contributed by atoms with van der Waals surface area (Å²) in [6.07, 6.45) is 14.8. The molecule has 0 amide bonds. The van der Waals surface area contributed by atoms with Crippen LogP contribution in [0.3, 0.4) is 0 Å². The van der Waals surface area contributed by atoms with E-state index in [1.807, 2.05) is 0 Å². The average Bonchev–Trinajstić information content (AvgIpc) is 2.36. The first-order valence-electron chi connectivity index (χ1n) is 7.71. The third-order valence-electron chi connectivity index (χ3n) is 3.22. The maximum atomic E-state index is 10.3. The third-order valence-corrected chi connectivity index (χ3v) is 3.22. The minimum Gasteiger partial charge on any atom is -0.481 e. The topological polar surface area (TPSA) is 57.5 Å². The number of unbranched alkanes of at least 4 members (excludes halogenated alkanes) is 5. The van der Waals surface area contributed by atoms with Crippen LogP contribution in [0.25, 0.3) is 0 Å². The van der Waals surface area contributed by atoms with Crippen molar-refractivity contribution in [2.24, 2.45) is 0 Å². The van der Waals surface area contributed by atoms with E-state index in [4.69, 9.17) is 5.11 Å². The summed E-state index contributed by atoms with van der Waals surface area (Å²) in [6, 6.07) is 0. The van der Waals surface area contributed by atoms with Crippen LogP contribution < -0.4 is 0 Å². The number of hydrogen-bond donors (Lipinski definition) is 2. The van der Waals surface area contributed by atoms with Crippen LogP contribution in [0.15, 0.2) is 12.2 Å². The van der Waals surface area contributed by atoms with Gasteiger partial charge in [-0.1, -0.05) is 44.8 Å². The Hall–Kier alpha value is -0.830. The van der Waals surface area contributed by atoms with E-state index < -0.39 is 5.97 Å².